The van der Waals surface area contributed by atoms with Gasteiger partial charge in [0.15, 0.2) is 11.6 Å². The first-order chi connectivity index (χ1) is 8.19. The van der Waals surface area contributed by atoms with Crippen molar-refractivity contribution in [2.75, 3.05) is 13.7 Å². The number of nitrogens with one attached hydrogen (secondary N) is 1. The molecule has 0 aromatic heterocycles. The van der Waals surface area contributed by atoms with Gasteiger partial charge in [-0.3, -0.25) is 0 Å². The Morgan fingerprint density at radius 1 is 1.53 bits per heavy atom. The number of unbranched alkanes of at least 4 members (excludes halogenated alkanes) is 1. The van der Waals surface area contributed by atoms with Crippen LogP contribution in [0.4, 0.5) is 4.39 Å². The highest BCUT2D eigenvalue weighted by Crippen LogP contribution is 2.22. The Morgan fingerprint density at radius 2 is 2.29 bits per heavy atom. The van der Waals surface area contributed by atoms with Crippen LogP contribution in [0.1, 0.15) is 31.4 Å². The fraction of sp³-hybridized carbons (Fsp3) is 0.429. The minimum absolute atomic E-state index is 0.155. The van der Waals surface area contributed by atoms with Crippen LogP contribution in [-0.2, 0) is 0 Å². The van der Waals surface area contributed by atoms with Crippen LogP contribution in [0.15, 0.2) is 18.2 Å². The van der Waals surface area contributed by atoms with Gasteiger partial charge in [0.2, 0.25) is 0 Å². The summed E-state index contributed by atoms with van der Waals surface area (Å²) in [5.74, 6) is 2.54. The number of halogens is 1. The predicted octanol–water partition coefficient (Wildman–Crippen LogP) is 2.90. The summed E-state index contributed by atoms with van der Waals surface area (Å²) in [6.07, 6.45) is 6.89. The van der Waals surface area contributed by atoms with E-state index < -0.39 is 0 Å². The molecule has 0 radical (unpaired) electrons. The average molecular weight is 235 g/mol. The molecule has 1 unspecified atom stereocenters. The summed E-state index contributed by atoms with van der Waals surface area (Å²) in [4.78, 5) is 0. The molecule has 1 aromatic carbocycles. The quantitative estimate of drug-likeness (QED) is 0.604. The lowest BCUT2D eigenvalue weighted by atomic mass is 10.1. The fourth-order valence-electron chi connectivity index (χ4n) is 1.57. The molecule has 2 nitrogen and oxygen atoms in total. The molecule has 3 heteroatoms. The van der Waals surface area contributed by atoms with Crippen molar-refractivity contribution in [1.82, 2.24) is 5.32 Å². The molecule has 0 aliphatic rings. The smallest absolute Gasteiger partial charge is 0.165 e. The number of hydrogen-bond acceptors (Lipinski definition) is 2. The largest absolute Gasteiger partial charge is 0.494 e. The van der Waals surface area contributed by atoms with E-state index >= 15 is 0 Å². The Hall–Kier alpha value is -1.53. The highest BCUT2D eigenvalue weighted by atomic mass is 19.1. The Balaban J connectivity index is 2.57. The zero-order chi connectivity index (χ0) is 12.7. The van der Waals surface area contributed by atoms with E-state index in [0.717, 1.165) is 24.9 Å². The topological polar surface area (TPSA) is 21.3 Å². The van der Waals surface area contributed by atoms with E-state index in [2.05, 4.69) is 11.2 Å². The zero-order valence-electron chi connectivity index (χ0n) is 10.3. The van der Waals surface area contributed by atoms with Crippen LogP contribution in [0.3, 0.4) is 0 Å². The summed E-state index contributed by atoms with van der Waals surface area (Å²) in [6, 6.07) is 5.06. The molecular weight excluding hydrogens is 217 g/mol. The van der Waals surface area contributed by atoms with E-state index in [0.29, 0.717) is 0 Å². The van der Waals surface area contributed by atoms with Gasteiger partial charge in [0, 0.05) is 12.5 Å². The molecule has 1 atom stereocenters. The van der Waals surface area contributed by atoms with Crippen LogP contribution in [0.2, 0.25) is 0 Å². The maximum absolute atomic E-state index is 13.2. The summed E-state index contributed by atoms with van der Waals surface area (Å²) >= 11 is 0. The molecule has 0 saturated heterocycles. The van der Waals surface area contributed by atoms with Gasteiger partial charge < -0.3 is 10.1 Å². The van der Waals surface area contributed by atoms with E-state index in [-0.39, 0.29) is 17.6 Å². The van der Waals surface area contributed by atoms with Gasteiger partial charge in [-0.15, -0.1) is 12.3 Å². The van der Waals surface area contributed by atoms with Crippen LogP contribution >= 0.6 is 0 Å². The van der Waals surface area contributed by atoms with Gasteiger partial charge in [-0.25, -0.2) is 4.39 Å². The molecule has 1 N–H and O–H groups in total. The van der Waals surface area contributed by atoms with Crippen molar-refractivity contribution in [3.63, 3.8) is 0 Å². The number of terminal acetylenes is 1. The number of ether oxygens (including phenoxy) is 1. The second-order valence-electron chi connectivity index (χ2n) is 3.88. The van der Waals surface area contributed by atoms with Gasteiger partial charge >= 0.3 is 0 Å². The first-order valence-corrected chi connectivity index (χ1v) is 5.69. The summed E-state index contributed by atoms with van der Waals surface area (Å²) in [5, 5.41) is 3.33. The Labute approximate surface area is 102 Å². The molecule has 0 amide bonds. The van der Waals surface area contributed by atoms with Crippen molar-refractivity contribution in [2.24, 2.45) is 0 Å². The minimum Gasteiger partial charge on any atom is -0.494 e. The lowest BCUT2D eigenvalue weighted by Crippen LogP contribution is -2.19. The molecule has 0 saturated carbocycles. The minimum atomic E-state index is -0.337. The maximum atomic E-state index is 13.2. The molecule has 92 valence electrons. The summed E-state index contributed by atoms with van der Waals surface area (Å²) in [5.41, 5.74) is 1.00. The van der Waals surface area contributed by atoms with E-state index in [1.165, 1.54) is 13.2 Å². The first kappa shape index (κ1) is 13.5. The molecule has 1 rings (SSSR count). The van der Waals surface area contributed by atoms with Gasteiger partial charge in [-0.05, 0) is 37.6 Å². The van der Waals surface area contributed by atoms with E-state index in [9.17, 15) is 4.39 Å². The lowest BCUT2D eigenvalue weighted by Gasteiger charge is -2.15. The molecule has 0 fully saturated rings. The normalized spacial score (nSPS) is 11.9. The first-order valence-electron chi connectivity index (χ1n) is 5.69. The molecule has 17 heavy (non-hydrogen) atoms. The second kappa shape index (κ2) is 6.93. The van der Waals surface area contributed by atoms with E-state index in [1.54, 1.807) is 12.1 Å². The lowest BCUT2D eigenvalue weighted by molar-refractivity contribution is 0.385. The Bertz CT molecular complexity index is 398. The zero-order valence-corrected chi connectivity index (χ0v) is 10.3. The van der Waals surface area contributed by atoms with E-state index in [4.69, 9.17) is 11.2 Å². The summed E-state index contributed by atoms with van der Waals surface area (Å²) in [7, 11) is 1.47. The van der Waals surface area contributed by atoms with Crippen LogP contribution in [0.5, 0.6) is 5.75 Å². The number of hydrogen-bond donors (Lipinski definition) is 1. The highest BCUT2D eigenvalue weighted by Gasteiger charge is 2.08. The monoisotopic (exact) mass is 235 g/mol. The third-order valence-electron chi connectivity index (χ3n) is 2.62. The van der Waals surface area contributed by atoms with Crippen molar-refractivity contribution in [2.45, 2.75) is 25.8 Å². The van der Waals surface area contributed by atoms with Crippen LogP contribution in [0.25, 0.3) is 0 Å². The average Bonchev–Trinajstić information content (AvgIpc) is 2.35. The van der Waals surface area contributed by atoms with Gasteiger partial charge in [-0.1, -0.05) is 6.07 Å². The molecule has 1 aromatic rings. The third-order valence-corrected chi connectivity index (χ3v) is 2.62. The third kappa shape index (κ3) is 4.08. The molecule has 0 bridgehead atoms. The summed E-state index contributed by atoms with van der Waals surface area (Å²) < 4.78 is 18.2. The summed E-state index contributed by atoms with van der Waals surface area (Å²) in [6.45, 7) is 2.88. The molecule has 0 aliphatic heterocycles. The van der Waals surface area contributed by atoms with Crippen molar-refractivity contribution in [3.8, 4) is 18.1 Å². The van der Waals surface area contributed by atoms with E-state index in [1.807, 2.05) is 6.92 Å². The van der Waals surface area contributed by atoms with Crippen molar-refractivity contribution < 1.29 is 9.13 Å². The number of methoxy groups -OCH3 is 1. The molecular formula is C14H18FNO. The van der Waals surface area contributed by atoms with Crippen molar-refractivity contribution >= 4 is 0 Å². The van der Waals surface area contributed by atoms with Crippen molar-refractivity contribution in [3.05, 3.63) is 29.6 Å². The van der Waals surface area contributed by atoms with Gasteiger partial charge in [-0.2, -0.15) is 0 Å². The van der Waals surface area contributed by atoms with Crippen LogP contribution in [0, 0.1) is 18.2 Å². The Morgan fingerprint density at radius 3 is 2.94 bits per heavy atom. The molecule has 0 aliphatic carbocycles. The predicted molar refractivity (Wildman–Crippen MR) is 67.4 cm³/mol. The fourth-order valence-corrected chi connectivity index (χ4v) is 1.57. The van der Waals surface area contributed by atoms with Crippen molar-refractivity contribution in [1.29, 1.82) is 0 Å². The Kier molecular flexibility index (Phi) is 5.51. The standard InChI is InChI=1S/C14H18FNO/c1-4-5-6-9-16-11(2)12-7-8-13(15)14(10-12)17-3/h1,7-8,10-11,16H,5-6,9H2,2-3H3. The van der Waals surface area contributed by atoms with Gasteiger partial charge in [0.05, 0.1) is 7.11 Å². The second-order valence-corrected chi connectivity index (χ2v) is 3.88. The van der Waals surface area contributed by atoms with Gasteiger partial charge in [0.25, 0.3) is 0 Å². The SMILES string of the molecule is C#CCCCNC(C)c1ccc(F)c(OC)c1. The highest BCUT2D eigenvalue weighted by molar-refractivity contribution is 5.31. The molecule has 0 spiro atoms. The number of rotatable bonds is 6. The van der Waals surface area contributed by atoms with Crippen LogP contribution < -0.4 is 10.1 Å². The molecule has 0 heterocycles. The van der Waals surface area contributed by atoms with Gasteiger partial charge in [0.1, 0.15) is 0 Å². The number of benzene rings is 1. The van der Waals surface area contributed by atoms with Crippen LogP contribution in [-0.4, -0.2) is 13.7 Å². The maximum Gasteiger partial charge on any atom is 0.165 e.